The third-order valence-corrected chi connectivity index (χ3v) is 1.98. The SMILES string of the molecule is Cc1cnc(C)c(C#N)c1Cl. The molecule has 56 valence electrons. The largest absolute Gasteiger partial charge is 0.260 e. The van der Waals surface area contributed by atoms with Crippen LogP contribution in [0.1, 0.15) is 16.8 Å². The molecule has 1 rings (SSSR count). The summed E-state index contributed by atoms with van der Waals surface area (Å²) in [4.78, 5) is 4.00. The quantitative estimate of drug-likeness (QED) is 0.593. The van der Waals surface area contributed by atoms with Crippen LogP contribution in [0.25, 0.3) is 0 Å². The predicted molar refractivity (Wildman–Crippen MR) is 43.4 cm³/mol. The van der Waals surface area contributed by atoms with Crippen LogP contribution in [0.4, 0.5) is 0 Å². The summed E-state index contributed by atoms with van der Waals surface area (Å²) in [6, 6.07) is 2.01. The van der Waals surface area contributed by atoms with Gasteiger partial charge in [0.05, 0.1) is 16.3 Å². The molecule has 0 N–H and O–H groups in total. The number of pyridine rings is 1. The lowest BCUT2D eigenvalue weighted by Crippen LogP contribution is -1.90. The zero-order valence-electron chi connectivity index (χ0n) is 6.35. The molecule has 0 amide bonds. The lowest BCUT2D eigenvalue weighted by Gasteiger charge is -2.00. The van der Waals surface area contributed by atoms with Crippen molar-refractivity contribution in [2.75, 3.05) is 0 Å². The number of aromatic nitrogens is 1. The Kier molecular flexibility index (Phi) is 2.11. The average molecular weight is 167 g/mol. The molecule has 0 unspecified atom stereocenters. The highest BCUT2D eigenvalue weighted by atomic mass is 35.5. The van der Waals surface area contributed by atoms with Gasteiger partial charge in [-0.15, -0.1) is 0 Å². The van der Waals surface area contributed by atoms with Crippen molar-refractivity contribution >= 4 is 11.6 Å². The van der Waals surface area contributed by atoms with E-state index in [0.717, 1.165) is 5.56 Å². The molecule has 0 spiro atoms. The smallest absolute Gasteiger partial charge is 0.103 e. The normalized spacial score (nSPS) is 9.27. The molecule has 0 aliphatic carbocycles. The molecule has 3 heteroatoms. The van der Waals surface area contributed by atoms with E-state index in [1.165, 1.54) is 0 Å². The van der Waals surface area contributed by atoms with E-state index in [1.54, 1.807) is 13.1 Å². The minimum absolute atomic E-state index is 0.478. The standard InChI is InChI=1S/C8H7ClN2/c1-5-4-11-6(2)7(3-10)8(5)9/h4H,1-2H3. The van der Waals surface area contributed by atoms with E-state index < -0.39 is 0 Å². The number of hydrogen-bond donors (Lipinski definition) is 0. The Morgan fingerprint density at radius 1 is 1.55 bits per heavy atom. The van der Waals surface area contributed by atoms with Crippen molar-refractivity contribution in [2.45, 2.75) is 13.8 Å². The van der Waals surface area contributed by atoms with Gasteiger partial charge >= 0.3 is 0 Å². The molecule has 0 atom stereocenters. The summed E-state index contributed by atoms with van der Waals surface area (Å²) < 4.78 is 0. The van der Waals surface area contributed by atoms with E-state index in [1.807, 2.05) is 13.0 Å². The van der Waals surface area contributed by atoms with E-state index in [0.29, 0.717) is 16.3 Å². The summed E-state index contributed by atoms with van der Waals surface area (Å²) in [5.74, 6) is 0. The van der Waals surface area contributed by atoms with Crippen LogP contribution in [-0.4, -0.2) is 4.98 Å². The maximum atomic E-state index is 8.65. The second-order valence-corrected chi connectivity index (χ2v) is 2.71. The summed E-state index contributed by atoms with van der Waals surface area (Å²) in [5, 5.41) is 9.16. The van der Waals surface area contributed by atoms with Gasteiger partial charge in [-0.3, -0.25) is 4.98 Å². The Balaban J connectivity index is 3.44. The number of nitriles is 1. The monoisotopic (exact) mass is 166 g/mol. The van der Waals surface area contributed by atoms with Crippen molar-refractivity contribution in [2.24, 2.45) is 0 Å². The van der Waals surface area contributed by atoms with Crippen molar-refractivity contribution < 1.29 is 0 Å². The van der Waals surface area contributed by atoms with Gasteiger partial charge in [-0.25, -0.2) is 0 Å². The van der Waals surface area contributed by atoms with Crippen LogP contribution in [-0.2, 0) is 0 Å². The van der Waals surface area contributed by atoms with E-state index in [9.17, 15) is 0 Å². The fourth-order valence-corrected chi connectivity index (χ4v) is 1.03. The molecular formula is C8H7ClN2. The van der Waals surface area contributed by atoms with Crippen molar-refractivity contribution in [3.05, 3.63) is 28.0 Å². The lowest BCUT2D eigenvalue weighted by atomic mass is 10.2. The van der Waals surface area contributed by atoms with Crippen LogP contribution in [0, 0.1) is 25.2 Å². The number of rotatable bonds is 0. The Hall–Kier alpha value is -1.07. The molecule has 0 saturated carbocycles. The van der Waals surface area contributed by atoms with E-state index in [-0.39, 0.29) is 0 Å². The predicted octanol–water partition coefficient (Wildman–Crippen LogP) is 2.22. The molecule has 0 bridgehead atoms. The molecular weight excluding hydrogens is 160 g/mol. The molecule has 0 aromatic carbocycles. The first-order chi connectivity index (χ1) is 5.16. The topological polar surface area (TPSA) is 36.7 Å². The third-order valence-electron chi connectivity index (χ3n) is 1.49. The van der Waals surface area contributed by atoms with E-state index >= 15 is 0 Å². The van der Waals surface area contributed by atoms with Crippen LogP contribution in [0.2, 0.25) is 5.02 Å². The van der Waals surface area contributed by atoms with Gasteiger partial charge in [-0.1, -0.05) is 11.6 Å². The first-order valence-electron chi connectivity index (χ1n) is 3.18. The second kappa shape index (κ2) is 2.89. The maximum Gasteiger partial charge on any atom is 0.103 e. The van der Waals surface area contributed by atoms with E-state index in [2.05, 4.69) is 4.98 Å². The maximum absolute atomic E-state index is 8.65. The molecule has 0 radical (unpaired) electrons. The molecule has 0 saturated heterocycles. The average Bonchev–Trinajstić information content (AvgIpc) is 1.99. The highest BCUT2D eigenvalue weighted by Crippen LogP contribution is 2.20. The van der Waals surface area contributed by atoms with Crippen LogP contribution in [0.5, 0.6) is 0 Å². The van der Waals surface area contributed by atoms with Gasteiger partial charge in [0.15, 0.2) is 0 Å². The first-order valence-corrected chi connectivity index (χ1v) is 3.56. The second-order valence-electron chi connectivity index (χ2n) is 2.33. The molecule has 1 heterocycles. The van der Waals surface area contributed by atoms with Crippen molar-refractivity contribution in [3.8, 4) is 6.07 Å². The number of halogens is 1. The highest BCUT2D eigenvalue weighted by molar-refractivity contribution is 6.32. The van der Waals surface area contributed by atoms with Gasteiger partial charge in [0, 0.05) is 6.20 Å². The van der Waals surface area contributed by atoms with Crippen molar-refractivity contribution in [1.29, 1.82) is 5.26 Å². The fraction of sp³-hybridized carbons (Fsp3) is 0.250. The minimum atomic E-state index is 0.478. The summed E-state index contributed by atoms with van der Waals surface area (Å²) in [5.41, 5.74) is 2.00. The molecule has 0 aliphatic rings. The van der Waals surface area contributed by atoms with Crippen molar-refractivity contribution in [1.82, 2.24) is 4.98 Å². The molecule has 1 aromatic heterocycles. The zero-order chi connectivity index (χ0) is 8.43. The van der Waals surface area contributed by atoms with Crippen LogP contribution in [0.15, 0.2) is 6.20 Å². The number of aryl methyl sites for hydroxylation is 2. The number of nitrogens with zero attached hydrogens (tertiary/aromatic N) is 2. The van der Waals surface area contributed by atoms with Gasteiger partial charge in [-0.2, -0.15) is 5.26 Å². The van der Waals surface area contributed by atoms with Crippen molar-refractivity contribution in [3.63, 3.8) is 0 Å². The Bertz CT molecular complexity index is 326. The summed E-state index contributed by atoms with van der Waals surface area (Å²) in [7, 11) is 0. The molecule has 0 fully saturated rings. The highest BCUT2D eigenvalue weighted by Gasteiger charge is 2.05. The number of hydrogen-bond acceptors (Lipinski definition) is 2. The van der Waals surface area contributed by atoms with Crippen LogP contribution < -0.4 is 0 Å². The third kappa shape index (κ3) is 1.33. The van der Waals surface area contributed by atoms with Crippen LogP contribution in [0.3, 0.4) is 0 Å². The zero-order valence-corrected chi connectivity index (χ0v) is 7.11. The van der Waals surface area contributed by atoms with Gasteiger partial charge in [0.25, 0.3) is 0 Å². The summed E-state index contributed by atoms with van der Waals surface area (Å²) >= 11 is 5.84. The van der Waals surface area contributed by atoms with Gasteiger partial charge in [0.2, 0.25) is 0 Å². The Morgan fingerprint density at radius 2 is 2.18 bits per heavy atom. The Morgan fingerprint density at radius 3 is 2.64 bits per heavy atom. The first kappa shape index (κ1) is 8.03. The lowest BCUT2D eigenvalue weighted by molar-refractivity contribution is 1.15. The van der Waals surface area contributed by atoms with Gasteiger partial charge in [0.1, 0.15) is 6.07 Å². The molecule has 2 nitrogen and oxygen atoms in total. The van der Waals surface area contributed by atoms with E-state index in [4.69, 9.17) is 16.9 Å². The fourth-order valence-electron chi connectivity index (χ4n) is 0.801. The van der Waals surface area contributed by atoms with Gasteiger partial charge < -0.3 is 0 Å². The Labute approximate surface area is 70.4 Å². The van der Waals surface area contributed by atoms with Crippen LogP contribution >= 0.6 is 11.6 Å². The minimum Gasteiger partial charge on any atom is -0.260 e. The molecule has 1 aromatic rings. The van der Waals surface area contributed by atoms with Gasteiger partial charge in [-0.05, 0) is 19.4 Å². The summed E-state index contributed by atoms with van der Waals surface area (Å²) in [6.07, 6.45) is 1.67. The molecule has 11 heavy (non-hydrogen) atoms. The summed E-state index contributed by atoms with van der Waals surface area (Å²) in [6.45, 7) is 3.60. The molecule has 0 aliphatic heterocycles.